The van der Waals surface area contributed by atoms with E-state index in [1.54, 1.807) is 0 Å². The Balaban J connectivity index is 3.01. The summed E-state index contributed by atoms with van der Waals surface area (Å²) in [5.41, 5.74) is 3.77. The Bertz CT molecular complexity index is 484. The van der Waals surface area contributed by atoms with Crippen molar-refractivity contribution in [2.24, 2.45) is 0 Å². The van der Waals surface area contributed by atoms with E-state index in [1.165, 1.54) is 6.07 Å². The highest BCUT2D eigenvalue weighted by atomic mass is 35.5. The molecule has 0 heterocycles. The summed E-state index contributed by atoms with van der Waals surface area (Å²) in [6.07, 6.45) is -5.55. The lowest BCUT2D eigenvalue weighted by Gasteiger charge is -2.25. The van der Waals surface area contributed by atoms with Gasteiger partial charge in [-0.1, -0.05) is 11.6 Å². The van der Waals surface area contributed by atoms with E-state index in [0.717, 1.165) is 6.07 Å². The summed E-state index contributed by atoms with van der Waals surface area (Å²) in [5.74, 6) is 0. The number of alkyl halides is 3. The summed E-state index contributed by atoms with van der Waals surface area (Å²) in [5, 5.41) is 12.5. The minimum atomic E-state index is -4.58. The summed E-state index contributed by atoms with van der Waals surface area (Å²) in [6.45, 7) is 5.52. The Hall–Kier alpha value is -0.980. The molecule has 3 nitrogen and oxygen atoms in total. The molecule has 0 aliphatic carbocycles. The molecule has 0 saturated carbocycles. The Morgan fingerprint density at radius 1 is 1.30 bits per heavy atom. The number of hydrogen-bond acceptors (Lipinski definition) is 3. The van der Waals surface area contributed by atoms with Gasteiger partial charge in [0.1, 0.15) is 6.23 Å². The van der Waals surface area contributed by atoms with Gasteiger partial charge in [0.25, 0.3) is 0 Å². The molecule has 1 aromatic rings. The number of anilines is 1. The van der Waals surface area contributed by atoms with Crippen LogP contribution >= 0.6 is 11.6 Å². The molecule has 0 spiro atoms. The summed E-state index contributed by atoms with van der Waals surface area (Å²) in [4.78, 5) is 0. The minimum Gasteiger partial charge on any atom is -0.397 e. The van der Waals surface area contributed by atoms with Gasteiger partial charge in [0.05, 0.1) is 16.3 Å². The first kappa shape index (κ1) is 17.1. The molecule has 0 aliphatic rings. The molecule has 4 N–H and O–H groups in total. The van der Waals surface area contributed by atoms with Crippen LogP contribution in [0.1, 0.15) is 31.9 Å². The zero-order chi connectivity index (χ0) is 15.7. The Morgan fingerprint density at radius 2 is 1.85 bits per heavy atom. The number of benzene rings is 1. The monoisotopic (exact) mass is 310 g/mol. The lowest BCUT2D eigenvalue weighted by atomic mass is 10.0. The predicted octanol–water partition coefficient (Wildman–Crippen LogP) is 3.19. The maximum atomic E-state index is 12.8. The largest absolute Gasteiger partial charge is 0.418 e. The average Bonchev–Trinajstić information content (AvgIpc) is 2.18. The lowest BCUT2D eigenvalue weighted by molar-refractivity contribution is -0.137. The third-order valence-electron chi connectivity index (χ3n) is 2.52. The number of aliphatic hydroxyl groups excluding tert-OH is 1. The van der Waals surface area contributed by atoms with Crippen LogP contribution in [0.2, 0.25) is 5.02 Å². The van der Waals surface area contributed by atoms with Crippen molar-refractivity contribution in [1.82, 2.24) is 5.32 Å². The molecule has 0 saturated heterocycles. The standard InChI is InChI=1S/C13H18ClF3N2O/c1-12(2,3)19-10(20)6-7-4-8(13(15,16)17)11(18)9(14)5-7/h4-5,10,19-20H,6,18H2,1-3H3. The predicted molar refractivity (Wildman–Crippen MR) is 73.5 cm³/mol. The van der Waals surface area contributed by atoms with Crippen molar-refractivity contribution in [1.29, 1.82) is 0 Å². The van der Waals surface area contributed by atoms with Gasteiger partial charge in [-0.3, -0.25) is 5.32 Å². The third kappa shape index (κ3) is 4.85. The highest BCUT2D eigenvalue weighted by Crippen LogP contribution is 2.37. The van der Waals surface area contributed by atoms with Crippen LogP contribution in [-0.4, -0.2) is 16.9 Å². The van der Waals surface area contributed by atoms with Crippen molar-refractivity contribution in [3.63, 3.8) is 0 Å². The molecule has 0 aromatic heterocycles. The zero-order valence-electron chi connectivity index (χ0n) is 11.5. The van der Waals surface area contributed by atoms with E-state index in [2.05, 4.69) is 5.32 Å². The fourth-order valence-corrected chi connectivity index (χ4v) is 2.04. The maximum Gasteiger partial charge on any atom is 0.418 e. The van der Waals surface area contributed by atoms with Gasteiger partial charge in [0.15, 0.2) is 0 Å². The molecule has 7 heteroatoms. The number of nitrogens with one attached hydrogen (secondary N) is 1. The van der Waals surface area contributed by atoms with Gasteiger partial charge in [0.2, 0.25) is 0 Å². The number of nitrogens with two attached hydrogens (primary N) is 1. The van der Waals surface area contributed by atoms with Crippen molar-refractivity contribution in [2.75, 3.05) is 5.73 Å². The van der Waals surface area contributed by atoms with Crippen molar-refractivity contribution >= 4 is 17.3 Å². The van der Waals surface area contributed by atoms with E-state index in [1.807, 2.05) is 20.8 Å². The molecule has 1 aromatic carbocycles. The summed E-state index contributed by atoms with van der Waals surface area (Å²) < 4.78 is 38.4. The molecule has 0 aliphatic heterocycles. The fourth-order valence-electron chi connectivity index (χ4n) is 1.80. The first-order valence-corrected chi connectivity index (χ1v) is 6.39. The quantitative estimate of drug-likeness (QED) is 0.593. The molecule has 1 atom stereocenters. The van der Waals surface area contributed by atoms with E-state index in [4.69, 9.17) is 17.3 Å². The molecular weight excluding hydrogens is 293 g/mol. The van der Waals surface area contributed by atoms with E-state index in [-0.39, 0.29) is 22.5 Å². The highest BCUT2D eigenvalue weighted by molar-refractivity contribution is 6.33. The summed E-state index contributed by atoms with van der Waals surface area (Å²) in [7, 11) is 0. The van der Waals surface area contributed by atoms with Crippen molar-refractivity contribution < 1.29 is 18.3 Å². The number of hydrogen-bond donors (Lipinski definition) is 3. The fraction of sp³-hybridized carbons (Fsp3) is 0.538. The van der Waals surface area contributed by atoms with Gasteiger partial charge in [-0.25, -0.2) is 0 Å². The minimum absolute atomic E-state index is 0.000347. The molecule has 1 unspecified atom stereocenters. The second-order valence-corrected chi connectivity index (χ2v) is 6.06. The van der Waals surface area contributed by atoms with Crippen LogP contribution < -0.4 is 11.1 Å². The van der Waals surface area contributed by atoms with Crippen molar-refractivity contribution in [3.8, 4) is 0 Å². The molecule has 1 rings (SSSR count). The van der Waals surface area contributed by atoms with Gasteiger partial charge in [0, 0.05) is 12.0 Å². The van der Waals surface area contributed by atoms with Gasteiger partial charge in [-0.2, -0.15) is 13.2 Å². The average molecular weight is 311 g/mol. The number of nitrogen functional groups attached to an aromatic ring is 1. The van der Waals surface area contributed by atoms with E-state index >= 15 is 0 Å². The Labute approximate surface area is 120 Å². The van der Waals surface area contributed by atoms with Crippen molar-refractivity contribution in [3.05, 3.63) is 28.3 Å². The zero-order valence-corrected chi connectivity index (χ0v) is 12.2. The van der Waals surface area contributed by atoms with Gasteiger partial charge >= 0.3 is 6.18 Å². The Morgan fingerprint density at radius 3 is 2.30 bits per heavy atom. The van der Waals surface area contributed by atoms with Crippen LogP contribution in [0.4, 0.5) is 18.9 Å². The molecule has 0 fully saturated rings. The molecule has 0 bridgehead atoms. The number of rotatable bonds is 3. The smallest absolute Gasteiger partial charge is 0.397 e. The van der Waals surface area contributed by atoms with Gasteiger partial charge in [-0.05, 0) is 38.5 Å². The second kappa shape index (κ2) is 5.79. The highest BCUT2D eigenvalue weighted by Gasteiger charge is 2.34. The normalized spacial score (nSPS) is 14.4. The summed E-state index contributed by atoms with van der Waals surface area (Å²) in [6, 6.07) is 2.24. The number of halogens is 4. The molecular formula is C13H18ClF3N2O. The summed E-state index contributed by atoms with van der Waals surface area (Å²) >= 11 is 5.71. The number of aliphatic hydroxyl groups is 1. The topological polar surface area (TPSA) is 58.3 Å². The first-order valence-electron chi connectivity index (χ1n) is 6.01. The second-order valence-electron chi connectivity index (χ2n) is 5.65. The third-order valence-corrected chi connectivity index (χ3v) is 2.84. The van der Waals surface area contributed by atoms with Crippen LogP contribution in [0, 0.1) is 0 Å². The SMILES string of the molecule is CC(C)(C)NC(O)Cc1cc(Cl)c(N)c(C(F)(F)F)c1. The van der Waals surface area contributed by atoms with Crippen LogP contribution in [0.15, 0.2) is 12.1 Å². The molecule has 114 valence electrons. The van der Waals surface area contributed by atoms with Gasteiger partial charge < -0.3 is 10.8 Å². The lowest BCUT2D eigenvalue weighted by Crippen LogP contribution is -2.44. The van der Waals surface area contributed by atoms with E-state index < -0.39 is 23.7 Å². The molecule has 0 radical (unpaired) electrons. The van der Waals surface area contributed by atoms with Crippen LogP contribution in [-0.2, 0) is 12.6 Å². The first-order chi connectivity index (χ1) is 8.90. The Kier molecular flexibility index (Phi) is 4.94. The maximum absolute atomic E-state index is 12.8. The van der Waals surface area contributed by atoms with E-state index in [9.17, 15) is 18.3 Å². The van der Waals surface area contributed by atoms with Crippen molar-refractivity contribution in [2.45, 2.75) is 45.1 Å². The molecule has 20 heavy (non-hydrogen) atoms. The molecule has 0 amide bonds. The van der Waals surface area contributed by atoms with Crippen LogP contribution in [0.3, 0.4) is 0 Å². The van der Waals surface area contributed by atoms with Gasteiger partial charge in [-0.15, -0.1) is 0 Å². The van der Waals surface area contributed by atoms with E-state index in [0.29, 0.717) is 0 Å². The van der Waals surface area contributed by atoms with Crippen LogP contribution in [0.25, 0.3) is 0 Å². The van der Waals surface area contributed by atoms with Crippen LogP contribution in [0.5, 0.6) is 0 Å².